The van der Waals surface area contributed by atoms with Crippen molar-refractivity contribution in [2.45, 2.75) is 48.0 Å². The van der Waals surface area contributed by atoms with Crippen LogP contribution < -0.4 is 4.90 Å². The highest BCUT2D eigenvalue weighted by atomic mass is 15.1. The van der Waals surface area contributed by atoms with Crippen LogP contribution in [0.1, 0.15) is 48.0 Å². The van der Waals surface area contributed by atoms with Crippen molar-refractivity contribution >= 4 is 16.5 Å². The summed E-state index contributed by atoms with van der Waals surface area (Å²) in [6, 6.07) is 15.1. The maximum Gasteiger partial charge on any atom is 0.0411 e. The standard InChI is InChI=1S/C20H25N.C2H6/c1-6-15(2)16(3)13-17(4)21(5)20-12-11-18-9-7-8-10-19(18)14-20;1-2/h7-14H,6H2,1-5H3;1-2H3/b16-15+,17-13-;. The Balaban J connectivity index is 0.00000127. The Hall–Kier alpha value is -2.02. The molecule has 2 rings (SSSR count). The summed E-state index contributed by atoms with van der Waals surface area (Å²) >= 11 is 0. The smallest absolute Gasteiger partial charge is 0.0411 e. The second-order valence-corrected chi connectivity index (χ2v) is 5.69. The third kappa shape index (κ3) is 4.99. The molecule has 0 N–H and O–H groups in total. The summed E-state index contributed by atoms with van der Waals surface area (Å²) in [6.07, 6.45) is 3.38. The van der Waals surface area contributed by atoms with E-state index in [1.807, 2.05) is 13.8 Å². The van der Waals surface area contributed by atoms with E-state index in [4.69, 9.17) is 0 Å². The van der Waals surface area contributed by atoms with Crippen LogP contribution in [-0.4, -0.2) is 7.05 Å². The van der Waals surface area contributed by atoms with Crippen LogP contribution in [0.4, 0.5) is 5.69 Å². The number of hydrogen-bond acceptors (Lipinski definition) is 1. The Morgan fingerprint density at radius 2 is 1.57 bits per heavy atom. The van der Waals surface area contributed by atoms with Crippen LogP contribution in [-0.2, 0) is 0 Å². The lowest BCUT2D eigenvalue weighted by atomic mass is 10.1. The van der Waals surface area contributed by atoms with E-state index < -0.39 is 0 Å². The van der Waals surface area contributed by atoms with Gasteiger partial charge in [-0.25, -0.2) is 0 Å². The van der Waals surface area contributed by atoms with E-state index in [2.05, 4.69) is 88.2 Å². The van der Waals surface area contributed by atoms with Gasteiger partial charge in [0, 0.05) is 18.4 Å². The third-order valence-corrected chi connectivity index (χ3v) is 4.28. The monoisotopic (exact) mass is 309 g/mol. The number of fused-ring (bicyclic) bond motifs is 1. The molecule has 124 valence electrons. The molecule has 0 saturated heterocycles. The summed E-state index contributed by atoms with van der Waals surface area (Å²) in [5, 5.41) is 2.57. The van der Waals surface area contributed by atoms with Crippen molar-refractivity contribution in [1.82, 2.24) is 0 Å². The summed E-state index contributed by atoms with van der Waals surface area (Å²) < 4.78 is 0. The number of benzene rings is 2. The van der Waals surface area contributed by atoms with Crippen molar-refractivity contribution in [3.8, 4) is 0 Å². The van der Waals surface area contributed by atoms with Gasteiger partial charge in [-0.3, -0.25) is 0 Å². The fourth-order valence-electron chi connectivity index (χ4n) is 2.40. The second kappa shape index (κ2) is 9.19. The Labute approximate surface area is 142 Å². The Kier molecular flexibility index (Phi) is 7.61. The maximum absolute atomic E-state index is 2.27. The highest BCUT2D eigenvalue weighted by Gasteiger charge is 2.04. The molecule has 0 unspecified atom stereocenters. The van der Waals surface area contributed by atoms with Crippen LogP contribution in [0, 0.1) is 0 Å². The number of rotatable bonds is 4. The van der Waals surface area contributed by atoms with Crippen molar-refractivity contribution in [1.29, 1.82) is 0 Å². The van der Waals surface area contributed by atoms with Gasteiger partial charge < -0.3 is 4.90 Å². The van der Waals surface area contributed by atoms with E-state index in [0.717, 1.165) is 6.42 Å². The molecule has 0 aliphatic rings. The number of hydrogen-bond donors (Lipinski definition) is 0. The van der Waals surface area contributed by atoms with E-state index in [0.29, 0.717) is 0 Å². The fourth-order valence-corrected chi connectivity index (χ4v) is 2.40. The van der Waals surface area contributed by atoms with Gasteiger partial charge in [-0.2, -0.15) is 0 Å². The molecule has 1 heteroatoms. The molecule has 0 aliphatic heterocycles. The topological polar surface area (TPSA) is 3.24 Å². The molecular weight excluding hydrogens is 278 g/mol. The molecule has 0 heterocycles. The molecule has 2 aromatic rings. The van der Waals surface area contributed by atoms with E-state index in [9.17, 15) is 0 Å². The summed E-state index contributed by atoms with van der Waals surface area (Å²) in [6.45, 7) is 12.8. The molecule has 0 bridgehead atoms. The van der Waals surface area contributed by atoms with E-state index in [1.54, 1.807) is 0 Å². The second-order valence-electron chi connectivity index (χ2n) is 5.69. The minimum absolute atomic E-state index is 1.11. The van der Waals surface area contributed by atoms with E-state index in [1.165, 1.54) is 33.3 Å². The Morgan fingerprint density at radius 1 is 0.957 bits per heavy atom. The minimum atomic E-state index is 1.11. The van der Waals surface area contributed by atoms with Gasteiger partial charge >= 0.3 is 0 Å². The van der Waals surface area contributed by atoms with Gasteiger partial charge in [0.05, 0.1) is 0 Å². The molecular formula is C22H31N. The molecule has 0 radical (unpaired) electrons. The van der Waals surface area contributed by atoms with Crippen LogP contribution >= 0.6 is 0 Å². The first kappa shape index (κ1) is 19.0. The zero-order valence-electron chi connectivity index (χ0n) is 15.8. The molecule has 2 aromatic carbocycles. The SMILES string of the molecule is CC.CC/C(C)=C(C)/C=C(/C)N(C)c1ccc2ccccc2c1. The quantitative estimate of drug-likeness (QED) is 0.552. The van der Waals surface area contributed by atoms with Crippen LogP contribution in [0.25, 0.3) is 10.8 Å². The van der Waals surface area contributed by atoms with Crippen LogP contribution in [0.15, 0.2) is 65.4 Å². The number of anilines is 1. The third-order valence-electron chi connectivity index (χ3n) is 4.28. The Morgan fingerprint density at radius 3 is 2.17 bits per heavy atom. The van der Waals surface area contributed by atoms with Crippen LogP contribution in [0.2, 0.25) is 0 Å². The summed E-state index contributed by atoms with van der Waals surface area (Å²) in [5.74, 6) is 0. The van der Waals surface area contributed by atoms with E-state index in [-0.39, 0.29) is 0 Å². The highest BCUT2D eigenvalue weighted by molar-refractivity contribution is 5.86. The van der Waals surface area contributed by atoms with Gasteiger partial charge in [-0.1, -0.05) is 62.2 Å². The average Bonchev–Trinajstić information content (AvgIpc) is 2.61. The zero-order valence-corrected chi connectivity index (χ0v) is 15.8. The highest BCUT2D eigenvalue weighted by Crippen LogP contribution is 2.24. The summed E-state index contributed by atoms with van der Waals surface area (Å²) in [5.41, 5.74) is 5.30. The summed E-state index contributed by atoms with van der Waals surface area (Å²) in [4.78, 5) is 2.25. The largest absolute Gasteiger partial charge is 0.348 e. The van der Waals surface area contributed by atoms with Crippen molar-refractivity contribution in [2.75, 3.05) is 11.9 Å². The molecule has 0 amide bonds. The average molecular weight is 309 g/mol. The molecule has 0 fully saturated rings. The van der Waals surface area contributed by atoms with Gasteiger partial charge in [0.15, 0.2) is 0 Å². The number of allylic oxidation sites excluding steroid dienone is 4. The Bertz CT molecular complexity index is 692. The zero-order chi connectivity index (χ0) is 17.4. The normalized spacial score (nSPS) is 12.4. The summed E-state index contributed by atoms with van der Waals surface area (Å²) in [7, 11) is 2.13. The lowest BCUT2D eigenvalue weighted by Gasteiger charge is -2.21. The molecule has 1 nitrogen and oxygen atoms in total. The van der Waals surface area contributed by atoms with Crippen molar-refractivity contribution < 1.29 is 0 Å². The van der Waals surface area contributed by atoms with Gasteiger partial charge in [-0.05, 0) is 56.2 Å². The molecule has 23 heavy (non-hydrogen) atoms. The molecule has 0 atom stereocenters. The van der Waals surface area contributed by atoms with Crippen molar-refractivity contribution in [2.24, 2.45) is 0 Å². The fraction of sp³-hybridized carbons (Fsp3) is 0.364. The van der Waals surface area contributed by atoms with Gasteiger partial charge in [-0.15, -0.1) is 0 Å². The molecule has 0 aliphatic carbocycles. The predicted octanol–water partition coefficient (Wildman–Crippen LogP) is 6.95. The van der Waals surface area contributed by atoms with Gasteiger partial charge in [0.2, 0.25) is 0 Å². The first-order valence-corrected chi connectivity index (χ1v) is 8.60. The van der Waals surface area contributed by atoms with Crippen molar-refractivity contribution in [3.05, 3.63) is 65.4 Å². The van der Waals surface area contributed by atoms with Crippen LogP contribution in [0.3, 0.4) is 0 Å². The first-order chi connectivity index (χ1) is 11.0. The van der Waals surface area contributed by atoms with Crippen LogP contribution in [0.5, 0.6) is 0 Å². The van der Waals surface area contributed by atoms with Gasteiger partial charge in [0.1, 0.15) is 0 Å². The minimum Gasteiger partial charge on any atom is -0.348 e. The molecule has 0 saturated carbocycles. The lowest BCUT2D eigenvalue weighted by Crippen LogP contribution is -2.14. The molecule has 0 aromatic heterocycles. The predicted molar refractivity (Wildman–Crippen MR) is 106 cm³/mol. The number of nitrogens with zero attached hydrogens (tertiary/aromatic N) is 1. The lowest BCUT2D eigenvalue weighted by molar-refractivity contribution is 1.05. The maximum atomic E-state index is 2.27. The van der Waals surface area contributed by atoms with Crippen molar-refractivity contribution in [3.63, 3.8) is 0 Å². The van der Waals surface area contributed by atoms with Gasteiger partial charge in [0.25, 0.3) is 0 Å². The molecule has 0 spiro atoms. The van der Waals surface area contributed by atoms with E-state index >= 15 is 0 Å². The first-order valence-electron chi connectivity index (χ1n) is 8.60.